The fourth-order valence-corrected chi connectivity index (χ4v) is 1.93. The van der Waals surface area contributed by atoms with Crippen LogP contribution in [0.2, 0.25) is 0 Å². The number of methoxy groups -OCH3 is 1. The molecule has 98 valence electrons. The topological polar surface area (TPSA) is 52.1 Å². The van der Waals surface area contributed by atoms with Gasteiger partial charge in [-0.25, -0.2) is 9.97 Å². The molecule has 4 nitrogen and oxygen atoms in total. The summed E-state index contributed by atoms with van der Waals surface area (Å²) in [4.78, 5) is 19.9. The van der Waals surface area contributed by atoms with E-state index in [4.69, 9.17) is 4.74 Å². The Kier molecular flexibility index (Phi) is 3.90. The summed E-state index contributed by atoms with van der Waals surface area (Å²) >= 11 is 0. The molecule has 1 aromatic heterocycles. The molecule has 2 rings (SSSR count). The molecule has 0 aliphatic heterocycles. The van der Waals surface area contributed by atoms with Crippen molar-refractivity contribution in [1.82, 2.24) is 9.97 Å². The Hall–Kier alpha value is -2.23. The molecule has 4 heteroatoms. The molecule has 0 spiro atoms. The number of ether oxygens (including phenoxy) is 1. The number of hydrogen-bond acceptors (Lipinski definition) is 4. The predicted octanol–water partition coefficient (Wildman–Crippen LogP) is 2.59. The van der Waals surface area contributed by atoms with Crippen LogP contribution >= 0.6 is 0 Å². The summed E-state index contributed by atoms with van der Waals surface area (Å²) in [6.45, 7) is 3.43. The first kappa shape index (κ1) is 13.2. The van der Waals surface area contributed by atoms with E-state index in [0.29, 0.717) is 5.82 Å². The molecule has 1 heterocycles. The van der Waals surface area contributed by atoms with Crippen LogP contribution in [0.4, 0.5) is 0 Å². The van der Waals surface area contributed by atoms with Crippen molar-refractivity contribution in [3.05, 3.63) is 41.9 Å². The van der Waals surface area contributed by atoms with Gasteiger partial charge in [-0.3, -0.25) is 4.79 Å². The van der Waals surface area contributed by atoms with E-state index >= 15 is 0 Å². The second-order valence-corrected chi connectivity index (χ2v) is 4.39. The molecule has 0 unspecified atom stereocenters. The zero-order valence-electron chi connectivity index (χ0n) is 11.3. The van der Waals surface area contributed by atoms with Gasteiger partial charge in [0.1, 0.15) is 17.4 Å². The minimum Gasteiger partial charge on any atom is -0.496 e. The maximum atomic E-state index is 11.2. The third-order valence-electron chi connectivity index (χ3n) is 2.69. The molecule has 0 atom stereocenters. The lowest BCUT2D eigenvalue weighted by Crippen LogP contribution is -2.05. The Balaban J connectivity index is 2.49. The summed E-state index contributed by atoms with van der Waals surface area (Å²) in [6.07, 6.45) is 0.254. The zero-order valence-corrected chi connectivity index (χ0v) is 11.3. The Morgan fingerprint density at radius 1 is 1.26 bits per heavy atom. The lowest BCUT2D eigenvalue weighted by Gasteiger charge is -2.09. The normalized spacial score (nSPS) is 10.3. The van der Waals surface area contributed by atoms with Crippen molar-refractivity contribution in [3.8, 4) is 17.0 Å². The van der Waals surface area contributed by atoms with Gasteiger partial charge in [0.25, 0.3) is 0 Å². The maximum absolute atomic E-state index is 11.2. The smallest absolute Gasteiger partial charge is 0.137 e. The molecule has 1 aromatic carbocycles. The first-order valence-electron chi connectivity index (χ1n) is 6.07. The number of benzene rings is 1. The number of carbonyl (C=O) groups is 1. The number of hydrogen-bond donors (Lipinski definition) is 0. The second-order valence-electron chi connectivity index (χ2n) is 4.39. The number of ketones is 1. The Bertz CT molecular complexity index is 609. The van der Waals surface area contributed by atoms with Crippen molar-refractivity contribution in [2.24, 2.45) is 0 Å². The van der Waals surface area contributed by atoms with Crippen LogP contribution < -0.4 is 4.74 Å². The Morgan fingerprint density at radius 3 is 2.68 bits per heavy atom. The third kappa shape index (κ3) is 3.16. The van der Waals surface area contributed by atoms with Gasteiger partial charge < -0.3 is 4.74 Å². The van der Waals surface area contributed by atoms with Crippen molar-refractivity contribution in [2.75, 3.05) is 7.11 Å². The van der Waals surface area contributed by atoms with Crippen LogP contribution in [-0.2, 0) is 11.2 Å². The number of rotatable bonds is 4. The molecule has 0 fully saturated rings. The highest BCUT2D eigenvalue weighted by molar-refractivity contribution is 5.77. The fraction of sp³-hybridized carbons (Fsp3) is 0.267. The van der Waals surface area contributed by atoms with E-state index in [0.717, 1.165) is 22.7 Å². The van der Waals surface area contributed by atoms with Crippen LogP contribution in [0.25, 0.3) is 11.3 Å². The van der Waals surface area contributed by atoms with E-state index in [2.05, 4.69) is 9.97 Å². The molecule has 0 aliphatic carbocycles. The highest BCUT2D eigenvalue weighted by Crippen LogP contribution is 2.28. The van der Waals surface area contributed by atoms with Crippen LogP contribution in [0.5, 0.6) is 5.75 Å². The lowest BCUT2D eigenvalue weighted by molar-refractivity contribution is -0.116. The number of aromatic nitrogens is 2. The van der Waals surface area contributed by atoms with Gasteiger partial charge in [-0.15, -0.1) is 0 Å². The van der Waals surface area contributed by atoms with E-state index in [1.54, 1.807) is 7.11 Å². The van der Waals surface area contributed by atoms with Crippen molar-refractivity contribution in [1.29, 1.82) is 0 Å². The van der Waals surface area contributed by atoms with Crippen molar-refractivity contribution in [3.63, 3.8) is 0 Å². The molecule has 2 aromatic rings. The second kappa shape index (κ2) is 5.61. The summed E-state index contributed by atoms with van der Waals surface area (Å²) in [5.41, 5.74) is 2.52. The summed E-state index contributed by atoms with van der Waals surface area (Å²) in [7, 11) is 1.63. The van der Waals surface area contributed by atoms with Gasteiger partial charge in [0.15, 0.2) is 0 Å². The van der Waals surface area contributed by atoms with Gasteiger partial charge in [-0.1, -0.05) is 12.1 Å². The number of Topliss-reactive ketones (excluding diaryl/α,β-unsaturated/α-hetero) is 1. The number of para-hydroxylation sites is 1. The fourth-order valence-electron chi connectivity index (χ4n) is 1.93. The molecule has 0 saturated heterocycles. The van der Waals surface area contributed by atoms with Crippen LogP contribution in [0, 0.1) is 6.92 Å². The number of aryl methyl sites for hydroxylation is 1. The van der Waals surface area contributed by atoms with E-state index in [1.807, 2.05) is 37.3 Å². The zero-order chi connectivity index (χ0) is 13.8. The van der Waals surface area contributed by atoms with E-state index < -0.39 is 0 Å². The van der Waals surface area contributed by atoms with Crippen molar-refractivity contribution < 1.29 is 9.53 Å². The van der Waals surface area contributed by atoms with Crippen molar-refractivity contribution in [2.45, 2.75) is 20.3 Å². The minimum absolute atomic E-state index is 0.0524. The molecule has 0 amide bonds. The van der Waals surface area contributed by atoms with E-state index in [9.17, 15) is 4.79 Å². The van der Waals surface area contributed by atoms with Gasteiger partial charge in [-0.05, 0) is 32.0 Å². The molecule has 0 bridgehead atoms. The van der Waals surface area contributed by atoms with Crippen LogP contribution in [0.1, 0.15) is 18.4 Å². The Labute approximate surface area is 112 Å². The monoisotopic (exact) mass is 256 g/mol. The predicted molar refractivity (Wildman–Crippen MR) is 73.1 cm³/mol. The third-order valence-corrected chi connectivity index (χ3v) is 2.69. The largest absolute Gasteiger partial charge is 0.496 e. The van der Waals surface area contributed by atoms with Gasteiger partial charge >= 0.3 is 0 Å². The van der Waals surface area contributed by atoms with Crippen LogP contribution in [0.3, 0.4) is 0 Å². The molecular weight excluding hydrogens is 240 g/mol. The molecule has 0 N–H and O–H groups in total. The standard InChI is InChI=1S/C15H16N2O2/c1-10-8-13(17-15(16-10)9-11(2)18)12-6-4-5-7-14(12)19-3/h4-8H,9H2,1-3H3. The minimum atomic E-state index is 0.0524. The SMILES string of the molecule is COc1ccccc1-c1cc(C)nc(CC(C)=O)n1. The first-order valence-corrected chi connectivity index (χ1v) is 6.07. The lowest BCUT2D eigenvalue weighted by atomic mass is 10.1. The summed E-state index contributed by atoms with van der Waals surface area (Å²) in [6, 6.07) is 9.56. The van der Waals surface area contributed by atoms with Crippen LogP contribution in [-0.4, -0.2) is 22.9 Å². The van der Waals surface area contributed by atoms with Gasteiger partial charge in [-0.2, -0.15) is 0 Å². The summed E-state index contributed by atoms with van der Waals surface area (Å²) in [5.74, 6) is 1.36. The average Bonchev–Trinajstić information content (AvgIpc) is 2.37. The molecular formula is C15H16N2O2. The van der Waals surface area contributed by atoms with E-state index in [1.165, 1.54) is 6.92 Å². The first-order chi connectivity index (χ1) is 9.10. The van der Waals surface area contributed by atoms with E-state index in [-0.39, 0.29) is 12.2 Å². The highest BCUT2D eigenvalue weighted by atomic mass is 16.5. The van der Waals surface area contributed by atoms with Crippen molar-refractivity contribution >= 4 is 5.78 Å². The average molecular weight is 256 g/mol. The molecule has 0 radical (unpaired) electrons. The maximum Gasteiger partial charge on any atom is 0.137 e. The van der Waals surface area contributed by atoms with Gasteiger partial charge in [0.2, 0.25) is 0 Å². The Morgan fingerprint density at radius 2 is 2.00 bits per heavy atom. The summed E-state index contributed by atoms with van der Waals surface area (Å²) in [5, 5.41) is 0. The van der Waals surface area contributed by atoms with Gasteiger partial charge in [0, 0.05) is 11.3 Å². The molecule has 0 aliphatic rings. The number of nitrogens with zero attached hydrogens (tertiary/aromatic N) is 2. The quantitative estimate of drug-likeness (QED) is 0.843. The number of carbonyl (C=O) groups excluding carboxylic acids is 1. The van der Waals surface area contributed by atoms with Gasteiger partial charge in [0.05, 0.1) is 19.2 Å². The highest BCUT2D eigenvalue weighted by Gasteiger charge is 2.10. The molecule has 0 saturated carbocycles. The molecule has 19 heavy (non-hydrogen) atoms. The summed E-state index contributed by atoms with van der Waals surface area (Å²) < 4.78 is 5.33. The van der Waals surface area contributed by atoms with Crippen LogP contribution in [0.15, 0.2) is 30.3 Å².